The van der Waals surface area contributed by atoms with Crippen LogP contribution in [0.5, 0.6) is 0 Å². The number of likely N-dealkylation sites (tertiary alicyclic amines) is 1. The van der Waals surface area contributed by atoms with Crippen LogP contribution in [-0.2, 0) is 4.79 Å². The highest BCUT2D eigenvalue weighted by atomic mass is 19.1. The van der Waals surface area contributed by atoms with Crippen molar-refractivity contribution in [2.45, 2.75) is 31.7 Å². The average molecular weight is 459 g/mol. The summed E-state index contributed by atoms with van der Waals surface area (Å²) in [5.41, 5.74) is 1.40. The van der Waals surface area contributed by atoms with E-state index >= 15 is 0 Å². The van der Waals surface area contributed by atoms with Crippen molar-refractivity contribution in [3.8, 4) is 11.3 Å². The van der Waals surface area contributed by atoms with Gasteiger partial charge in [-0.2, -0.15) is 0 Å². The van der Waals surface area contributed by atoms with Gasteiger partial charge in [-0.25, -0.2) is 8.78 Å². The van der Waals surface area contributed by atoms with Crippen molar-refractivity contribution < 1.29 is 22.9 Å². The number of rotatable bonds is 6. The molecule has 4 rings (SSSR count). The molecule has 0 unspecified atom stereocenters. The fourth-order valence-corrected chi connectivity index (χ4v) is 4.53. The minimum atomic E-state index is -0.806. The highest BCUT2D eigenvalue weighted by Crippen LogP contribution is 2.26. The summed E-state index contributed by atoms with van der Waals surface area (Å²) in [6.45, 7) is 2.18. The van der Waals surface area contributed by atoms with Crippen molar-refractivity contribution in [1.82, 2.24) is 20.3 Å². The maximum Gasteiger partial charge on any atom is 0.273 e. The summed E-state index contributed by atoms with van der Waals surface area (Å²) >= 11 is 0. The lowest BCUT2D eigenvalue weighted by Crippen LogP contribution is -2.55. The van der Waals surface area contributed by atoms with Crippen LogP contribution in [0, 0.1) is 17.6 Å². The van der Waals surface area contributed by atoms with Gasteiger partial charge in [-0.3, -0.25) is 14.5 Å². The van der Waals surface area contributed by atoms with Crippen LogP contribution in [0.1, 0.15) is 36.2 Å². The van der Waals surface area contributed by atoms with E-state index in [0.717, 1.165) is 38.1 Å². The lowest BCUT2D eigenvalue weighted by atomic mass is 9.90. The Kier molecular flexibility index (Phi) is 6.88. The Bertz CT molecular complexity index is 1070. The largest absolute Gasteiger partial charge is 0.355 e. The molecule has 1 N–H and O–H groups in total. The number of benzene rings is 1. The van der Waals surface area contributed by atoms with Crippen molar-refractivity contribution >= 4 is 11.8 Å². The molecule has 2 aliphatic rings. The molecular formula is C24H28F2N4O3. The summed E-state index contributed by atoms with van der Waals surface area (Å²) in [5.74, 6) is -2.42. The summed E-state index contributed by atoms with van der Waals surface area (Å²) < 4.78 is 32.3. The van der Waals surface area contributed by atoms with Crippen molar-refractivity contribution in [3.63, 3.8) is 0 Å². The van der Waals surface area contributed by atoms with Crippen molar-refractivity contribution in [2.24, 2.45) is 5.92 Å². The quantitative estimate of drug-likeness (QED) is 0.673. The van der Waals surface area contributed by atoms with E-state index in [-0.39, 0.29) is 34.9 Å². The molecule has 1 aliphatic heterocycles. The fourth-order valence-electron chi connectivity index (χ4n) is 4.53. The van der Waals surface area contributed by atoms with Gasteiger partial charge in [-0.15, -0.1) is 0 Å². The molecule has 0 saturated carbocycles. The number of piperidine rings is 1. The molecule has 2 heterocycles. The molecule has 176 valence electrons. The summed E-state index contributed by atoms with van der Waals surface area (Å²) in [4.78, 5) is 29.6. The molecule has 2 atom stereocenters. The Balaban J connectivity index is 1.45. The van der Waals surface area contributed by atoms with E-state index in [4.69, 9.17) is 4.52 Å². The molecule has 1 aliphatic carbocycles. The molecule has 0 spiro atoms. The van der Waals surface area contributed by atoms with E-state index in [1.807, 2.05) is 0 Å². The van der Waals surface area contributed by atoms with E-state index in [2.05, 4.69) is 21.4 Å². The molecule has 33 heavy (non-hydrogen) atoms. The number of carbonyl (C=O) groups is 2. The van der Waals surface area contributed by atoms with Gasteiger partial charge < -0.3 is 14.7 Å². The van der Waals surface area contributed by atoms with Crippen LogP contribution >= 0.6 is 0 Å². The van der Waals surface area contributed by atoms with E-state index in [0.29, 0.717) is 13.0 Å². The zero-order chi connectivity index (χ0) is 23.5. The zero-order valence-electron chi connectivity index (χ0n) is 18.8. The van der Waals surface area contributed by atoms with E-state index < -0.39 is 17.5 Å². The smallest absolute Gasteiger partial charge is 0.273 e. The molecule has 1 saturated heterocycles. The predicted octanol–water partition coefficient (Wildman–Crippen LogP) is 3.24. The minimum Gasteiger partial charge on any atom is -0.355 e. The Hall–Kier alpha value is -3.07. The van der Waals surface area contributed by atoms with Gasteiger partial charge in [0.1, 0.15) is 11.6 Å². The van der Waals surface area contributed by atoms with Gasteiger partial charge in [-0.1, -0.05) is 16.8 Å². The van der Waals surface area contributed by atoms with Crippen LogP contribution in [0.15, 0.2) is 40.4 Å². The second-order valence-corrected chi connectivity index (χ2v) is 8.90. The van der Waals surface area contributed by atoms with Gasteiger partial charge in [0.2, 0.25) is 5.91 Å². The minimum absolute atomic E-state index is 0.0122. The number of hydrogen-bond acceptors (Lipinski definition) is 5. The Labute approximate surface area is 191 Å². The topological polar surface area (TPSA) is 78.7 Å². The standard InChI is InChI=1S/C24H28F2N4O3/c1-29(2)24(32)18-14-30(13-15-5-3-4-6-15)10-9-20(18)27-23(31)21-12-22(33-28-21)17-8-7-16(25)11-19(17)26/h5,7-8,11-12,18,20H,3-4,6,9-10,13-14H2,1-2H3,(H,27,31)/t18-,20-/m1/s1. The number of hydrogen-bond donors (Lipinski definition) is 1. The van der Waals surface area contributed by atoms with Crippen LogP contribution < -0.4 is 5.32 Å². The summed E-state index contributed by atoms with van der Waals surface area (Å²) in [7, 11) is 3.42. The third-order valence-corrected chi connectivity index (χ3v) is 6.27. The van der Waals surface area contributed by atoms with Gasteiger partial charge >= 0.3 is 0 Å². The highest BCUT2D eigenvalue weighted by Gasteiger charge is 2.37. The fraction of sp³-hybridized carbons (Fsp3) is 0.458. The number of allylic oxidation sites excluding steroid dienone is 1. The number of halogens is 2. The number of nitrogens with one attached hydrogen (secondary N) is 1. The second-order valence-electron chi connectivity index (χ2n) is 8.90. The average Bonchev–Trinajstić information content (AvgIpc) is 3.46. The van der Waals surface area contributed by atoms with E-state index in [1.165, 1.54) is 24.1 Å². The first kappa shape index (κ1) is 23.1. The van der Waals surface area contributed by atoms with Crippen LogP contribution in [-0.4, -0.2) is 66.5 Å². The lowest BCUT2D eigenvalue weighted by molar-refractivity contribution is -0.135. The molecule has 1 aromatic heterocycles. The third-order valence-electron chi connectivity index (χ3n) is 6.27. The Morgan fingerprint density at radius 2 is 2.09 bits per heavy atom. The number of aromatic nitrogens is 1. The molecule has 7 nitrogen and oxygen atoms in total. The van der Waals surface area contributed by atoms with Gasteiger partial charge in [0, 0.05) is 51.9 Å². The van der Waals surface area contributed by atoms with Crippen molar-refractivity contribution in [1.29, 1.82) is 0 Å². The van der Waals surface area contributed by atoms with Gasteiger partial charge in [-0.05, 0) is 37.8 Å². The molecule has 2 amide bonds. The maximum absolute atomic E-state index is 14.0. The number of carbonyl (C=O) groups excluding carboxylic acids is 2. The van der Waals surface area contributed by atoms with Crippen molar-refractivity contribution in [2.75, 3.05) is 33.7 Å². The Morgan fingerprint density at radius 3 is 2.79 bits per heavy atom. The molecule has 0 bridgehead atoms. The summed E-state index contributed by atoms with van der Waals surface area (Å²) in [6, 6.07) is 4.03. The van der Waals surface area contributed by atoms with E-state index in [1.54, 1.807) is 19.0 Å². The second kappa shape index (κ2) is 9.82. The first-order valence-electron chi connectivity index (χ1n) is 11.2. The highest BCUT2D eigenvalue weighted by molar-refractivity contribution is 5.94. The van der Waals surface area contributed by atoms with Gasteiger partial charge in [0.15, 0.2) is 11.5 Å². The Morgan fingerprint density at radius 1 is 1.27 bits per heavy atom. The summed E-state index contributed by atoms with van der Waals surface area (Å²) in [6.07, 6.45) is 6.31. The third kappa shape index (κ3) is 5.30. The number of nitrogens with zero attached hydrogens (tertiary/aromatic N) is 3. The first-order valence-corrected chi connectivity index (χ1v) is 11.2. The lowest BCUT2D eigenvalue weighted by Gasteiger charge is -2.39. The molecule has 2 aromatic rings. The van der Waals surface area contributed by atoms with Crippen molar-refractivity contribution in [3.05, 3.63) is 53.2 Å². The monoisotopic (exact) mass is 458 g/mol. The SMILES string of the molecule is CN(C)C(=O)[C@@H]1CN(CC2=CCCC2)CC[C@H]1NC(=O)c1cc(-c2ccc(F)cc2F)on1. The van der Waals surface area contributed by atoms with Gasteiger partial charge in [0.25, 0.3) is 5.91 Å². The van der Waals surface area contributed by atoms with E-state index in [9.17, 15) is 18.4 Å². The summed E-state index contributed by atoms with van der Waals surface area (Å²) in [5, 5.41) is 6.67. The predicted molar refractivity (Wildman–Crippen MR) is 118 cm³/mol. The number of amides is 2. The molecular weight excluding hydrogens is 430 g/mol. The zero-order valence-corrected chi connectivity index (χ0v) is 18.8. The van der Waals surface area contributed by atoms with Crippen LogP contribution in [0.3, 0.4) is 0 Å². The van der Waals surface area contributed by atoms with Crippen LogP contribution in [0.2, 0.25) is 0 Å². The maximum atomic E-state index is 14.0. The van der Waals surface area contributed by atoms with Crippen LogP contribution in [0.4, 0.5) is 8.78 Å². The first-order chi connectivity index (χ1) is 15.8. The molecule has 9 heteroatoms. The normalized spacial score (nSPS) is 21.0. The van der Waals surface area contributed by atoms with Crippen LogP contribution in [0.25, 0.3) is 11.3 Å². The van der Waals surface area contributed by atoms with Gasteiger partial charge in [0.05, 0.1) is 11.5 Å². The molecule has 0 radical (unpaired) electrons. The molecule has 1 aromatic carbocycles. The molecule has 1 fully saturated rings.